The van der Waals surface area contributed by atoms with Crippen LogP contribution in [0.2, 0.25) is 0 Å². The molecule has 0 unspecified atom stereocenters. The predicted molar refractivity (Wildman–Crippen MR) is 72.4 cm³/mol. The van der Waals surface area contributed by atoms with Gasteiger partial charge in [-0.2, -0.15) is 0 Å². The molecule has 0 atom stereocenters. The first kappa shape index (κ1) is 15.4. The van der Waals surface area contributed by atoms with Crippen LogP contribution in [0.15, 0.2) is 0 Å². The van der Waals surface area contributed by atoms with Gasteiger partial charge in [0.2, 0.25) is 0 Å². The molecule has 1 N–H and O–H groups in total. The van der Waals surface area contributed by atoms with Crippen molar-refractivity contribution in [3.8, 4) is 0 Å². The Kier molecular flexibility index (Phi) is 7.20. The van der Waals surface area contributed by atoms with Crippen LogP contribution in [0.25, 0.3) is 0 Å². The highest BCUT2D eigenvalue weighted by Crippen LogP contribution is 2.11. The zero-order valence-corrected chi connectivity index (χ0v) is 11.8. The van der Waals surface area contributed by atoms with Crippen molar-refractivity contribution < 1.29 is 9.59 Å². The molecular weight excluding hydrogens is 277 g/mol. The first-order valence-electron chi connectivity index (χ1n) is 6.17. The van der Waals surface area contributed by atoms with Gasteiger partial charge in [0.15, 0.2) is 0 Å². The number of amides is 4. The molecule has 0 aromatic carbocycles. The number of nitrogens with one attached hydrogen (secondary N) is 1. The molecule has 0 saturated carbocycles. The van der Waals surface area contributed by atoms with Crippen molar-refractivity contribution in [1.29, 1.82) is 0 Å². The van der Waals surface area contributed by atoms with E-state index in [0.717, 1.165) is 24.2 Å². The molecule has 0 aliphatic carbocycles. The summed E-state index contributed by atoms with van der Waals surface area (Å²) in [6.45, 7) is 1.97. The highest BCUT2D eigenvalue weighted by atomic mass is 35.5. The fourth-order valence-corrected chi connectivity index (χ4v) is 2.14. The van der Waals surface area contributed by atoms with Gasteiger partial charge >= 0.3 is 12.1 Å². The lowest BCUT2D eigenvalue weighted by atomic mass is 10.1. The van der Waals surface area contributed by atoms with Crippen molar-refractivity contribution >= 4 is 35.3 Å². The fraction of sp³-hybridized carbons (Fsp3) is 0.818. The summed E-state index contributed by atoms with van der Waals surface area (Å²) in [5.74, 6) is 0.548. The summed E-state index contributed by atoms with van der Waals surface area (Å²) in [6, 6.07) is -0.686. The molecule has 5 nitrogen and oxygen atoms in total. The van der Waals surface area contributed by atoms with Crippen LogP contribution in [-0.4, -0.2) is 59.8 Å². The number of imide groups is 1. The zero-order valence-electron chi connectivity index (χ0n) is 10.3. The summed E-state index contributed by atoms with van der Waals surface area (Å²) >= 11 is 11.1. The third kappa shape index (κ3) is 4.53. The van der Waals surface area contributed by atoms with Crippen molar-refractivity contribution in [3.05, 3.63) is 0 Å². The maximum absolute atomic E-state index is 12.2. The van der Waals surface area contributed by atoms with Crippen LogP contribution >= 0.6 is 23.2 Å². The summed E-state index contributed by atoms with van der Waals surface area (Å²) < 4.78 is 0. The van der Waals surface area contributed by atoms with E-state index in [1.807, 2.05) is 0 Å². The second kappa shape index (κ2) is 8.43. The monoisotopic (exact) mass is 295 g/mol. The van der Waals surface area contributed by atoms with Crippen molar-refractivity contribution in [2.75, 3.05) is 37.9 Å². The van der Waals surface area contributed by atoms with Crippen molar-refractivity contribution in [2.45, 2.75) is 19.3 Å². The Morgan fingerprint density at radius 1 is 1.11 bits per heavy atom. The largest absolute Gasteiger partial charge is 0.336 e. The normalized spacial score (nSPS) is 15.3. The Morgan fingerprint density at radius 3 is 2.33 bits per heavy atom. The van der Waals surface area contributed by atoms with Crippen LogP contribution in [0, 0.1) is 0 Å². The lowest BCUT2D eigenvalue weighted by Crippen LogP contribution is -2.52. The minimum absolute atomic E-state index is 0.213. The highest BCUT2D eigenvalue weighted by Gasteiger charge is 2.26. The van der Waals surface area contributed by atoms with E-state index in [1.165, 1.54) is 0 Å². The highest BCUT2D eigenvalue weighted by molar-refractivity contribution is 6.18. The number of carbonyl (C=O) groups excluding carboxylic acids is 2. The summed E-state index contributed by atoms with van der Waals surface area (Å²) in [5.41, 5.74) is 0. The number of hydrogen-bond donors (Lipinski definition) is 1. The third-order valence-electron chi connectivity index (χ3n) is 2.78. The molecule has 1 heterocycles. The quantitative estimate of drug-likeness (QED) is 0.808. The molecular formula is C11H19Cl2N3O2. The molecule has 0 aromatic heterocycles. The maximum atomic E-state index is 12.2. The molecule has 1 rings (SSSR count). The van der Waals surface area contributed by atoms with Gasteiger partial charge < -0.3 is 10.2 Å². The summed E-state index contributed by atoms with van der Waals surface area (Å²) in [4.78, 5) is 26.9. The molecule has 1 aliphatic heterocycles. The number of nitrogens with zero attached hydrogens (tertiary/aromatic N) is 2. The number of hydrogen-bond acceptors (Lipinski definition) is 2. The second-order valence-electron chi connectivity index (χ2n) is 4.09. The second-order valence-corrected chi connectivity index (χ2v) is 4.85. The Morgan fingerprint density at radius 2 is 1.78 bits per heavy atom. The van der Waals surface area contributed by atoms with Gasteiger partial charge in [-0.3, -0.25) is 0 Å². The molecule has 0 spiro atoms. The van der Waals surface area contributed by atoms with Crippen LogP contribution in [-0.2, 0) is 0 Å². The van der Waals surface area contributed by atoms with Gasteiger partial charge in [-0.15, -0.1) is 23.2 Å². The Balaban J connectivity index is 2.58. The van der Waals surface area contributed by atoms with Crippen LogP contribution in [0.5, 0.6) is 0 Å². The summed E-state index contributed by atoms with van der Waals surface area (Å²) in [6.07, 6.45) is 3.12. The van der Waals surface area contributed by atoms with E-state index >= 15 is 0 Å². The van der Waals surface area contributed by atoms with E-state index in [0.29, 0.717) is 25.5 Å². The maximum Gasteiger partial charge on any atom is 0.328 e. The number of rotatable bonds is 4. The Labute approximate surface area is 117 Å². The van der Waals surface area contributed by atoms with E-state index in [-0.39, 0.29) is 18.5 Å². The van der Waals surface area contributed by atoms with E-state index in [9.17, 15) is 9.59 Å². The molecule has 18 heavy (non-hydrogen) atoms. The predicted octanol–water partition coefficient (Wildman–Crippen LogP) is 2.08. The SMILES string of the molecule is O=C(NCCCl)N(CCCl)C(=O)N1CCCCC1. The lowest BCUT2D eigenvalue weighted by Gasteiger charge is -2.31. The molecule has 0 aromatic rings. The minimum atomic E-state index is -0.424. The minimum Gasteiger partial charge on any atom is -0.336 e. The first-order chi connectivity index (χ1) is 8.70. The smallest absolute Gasteiger partial charge is 0.328 e. The van der Waals surface area contributed by atoms with Gasteiger partial charge in [-0.25, -0.2) is 14.5 Å². The molecule has 4 amide bonds. The molecule has 0 bridgehead atoms. The standard InChI is InChI=1S/C11H19Cl2N3O2/c12-4-6-14-10(17)16(9-5-13)11(18)15-7-2-1-3-8-15/h1-9H2,(H,14,17). The molecule has 1 saturated heterocycles. The number of piperidine rings is 1. The van der Waals surface area contributed by atoms with E-state index < -0.39 is 6.03 Å². The molecule has 7 heteroatoms. The molecule has 0 radical (unpaired) electrons. The van der Waals surface area contributed by atoms with Gasteiger partial charge in [0, 0.05) is 37.9 Å². The van der Waals surface area contributed by atoms with Gasteiger partial charge in [0.1, 0.15) is 0 Å². The number of likely N-dealkylation sites (tertiary alicyclic amines) is 1. The average molecular weight is 296 g/mol. The van der Waals surface area contributed by atoms with Crippen molar-refractivity contribution in [2.24, 2.45) is 0 Å². The van der Waals surface area contributed by atoms with Crippen LogP contribution in [0.1, 0.15) is 19.3 Å². The average Bonchev–Trinajstić information content (AvgIpc) is 2.42. The van der Waals surface area contributed by atoms with Gasteiger partial charge in [0.25, 0.3) is 0 Å². The zero-order chi connectivity index (χ0) is 13.4. The number of urea groups is 2. The molecule has 1 aliphatic rings. The van der Waals surface area contributed by atoms with E-state index in [4.69, 9.17) is 23.2 Å². The first-order valence-corrected chi connectivity index (χ1v) is 7.23. The van der Waals surface area contributed by atoms with Crippen molar-refractivity contribution in [3.63, 3.8) is 0 Å². The molecule has 1 fully saturated rings. The lowest BCUT2D eigenvalue weighted by molar-refractivity contribution is 0.148. The Hall–Kier alpha value is -0.680. The number of carbonyl (C=O) groups is 2. The number of halogens is 2. The fourth-order valence-electron chi connectivity index (χ4n) is 1.87. The van der Waals surface area contributed by atoms with Crippen LogP contribution in [0.4, 0.5) is 9.59 Å². The van der Waals surface area contributed by atoms with Crippen LogP contribution < -0.4 is 5.32 Å². The summed E-state index contributed by atoms with van der Waals surface area (Å²) in [5, 5.41) is 2.59. The van der Waals surface area contributed by atoms with Gasteiger partial charge in [0.05, 0.1) is 0 Å². The Bertz CT molecular complexity index is 283. The van der Waals surface area contributed by atoms with Crippen LogP contribution in [0.3, 0.4) is 0 Å². The van der Waals surface area contributed by atoms with Gasteiger partial charge in [-0.05, 0) is 19.3 Å². The summed E-state index contributed by atoms with van der Waals surface area (Å²) in [7, 11) is 0. The van der Waals surface area contributed by atoms with E-state index in [2.05, 4.69) is 5.32 Å². The van der Waals surface area contributed by atoms with Crippen molar-refractivity contribution in [1.82, 2.24) is 15.1 Å². The topological polar surface area (TPSA) is 52.7 Å². The van der Waals surface area contributed by atoms with E-state index in [1.54, 1.807) is 4.90 Å². The third-order valence-corrected chi connectivity index (χ3v) is 3.14. The molecule has 104 valence electrons. The van der Waals surface area contributed by atoms with Gasteiger partial charge in [-0.1, -0.05) is 0 Å². The number of alkyl halides is 2.